The first kappa shape index (κ1) is 13.7. The highest BCUT2D eigenvalue weighted by molar-refractivity contribution is 5.78. The molecule has 110 valence electrons. The molecule has 0 aliphatic heterocycles. The molecule has 3 N–H and O–H groups in total. The zero-order chi connectivity index (χ0) is 14.8. The highest BCUT2D eigenvalue weighted by atomic mass is 16.5. The summed E-state index contributed by atoms with van der Waals surface area (Å²) in [5.41, 5.74) is 4.47. The molecule has 21 heavy (non-hydrogen) atoms. The van der Waals surface area contributed by atoms with Gasteiger partial charge in [0.1, 0.15) is 23.1 Å². The summed E-state index contributed by atoms with van der Waals surface area (Å²) < 4.78 is 13.1. The fourth-order valence-corrected chi connectivity index (χ4v) is 2.52. The highest BCUT2D eigenvalue weighted by Crippen LogP contribution is 2.32. The molecule has 0 amide bonds. The largest absolute Gasteiger partial charge is 0.493 e. The van der Waals surface area contributed by atoms with Crippen LogP contribution in [0.4, 0.5) is 0 Å². The molecule has 6 nitrogen and oxygen atoms in total. The number of nitrogens with zero attached hydrogens (tertiary/aromatic N) is 2. The van der Waals surface area contributed by atoms with E-state index in [0.29, 0.717) is 5.75 Å². The van der Waals surface area contributed by atoms with Crippen LogP contribution in [0, 0.1) is 0 Å². The summed E-state index contributed by atoms with van der Waals surface area (Å²) in [4.78, 5) is 0. The number of fused-ring (bicyclic) bond motifs is 1. The molecule has 0 saturated carbocycles. The van der Waals surface area contributed by atoms with Crippen LogP contribution < -0.4 is 16.0 Å². The first-order valence-electron chi connectivity index (χ1n) is 6.82. The maximum atomic E-state index is 5.90. The molecule has 2 aromatic heterocycles. The monoisotopic (exact) mass is 286 g/mol. The third-order valence-corrected chi connectivity index (χ3v) is 3.53. The minimum Gasteiger partial charge on any atom is -0.493 e. The first-order valence-corrected chi connectivity index (χ1v) is 6.82. The second-order valence-electron chi connectivity index (χ2n) is 4.70. The fourth-order valence-electron chi connectivity index (χ4n) is 2.52. The first-order chi connectivity index (χ1) is 10.3. The Kier molecular flexibility index (Phi) is 3.64. The maximum absolute atomic E-state index is 5.90. The number of hydrazine groups is 1. The molecule has 0 spiro atoms. The fraction of sp³-hybridized carbons (Fsp3) is 0.267. The molecule has 0 fully saturated rings. The van der Waals surface area contributed by atoms with Gasteiger partial charge in [0.15, 0.2) is 5.75 Å². The molecule has 3 aromatic rings. The van der Waals surface area contributed by atoms with Crippen LogP contribution in [0.25, 0.3) is 11.0 Å². The SMILES string of the molecule is CCn1ncc(OC)c1C(NN)c1cc2ccccc2o1. The third-order valence-electron chi connectivity index (χ3n) is 3.53. The van der Waals surface area contributed by atoms with Crippen molar-refractivity contribution in [3.8, 4) is 5.75 Å². The second kappa shape index (κ2) is 5.59. The van der Waals surface area contributed by atoms with Gasteiger partial charge in [-0.25, -0.2) is 5.43 Å². The van der Waals surface area contributed by atoms with Gasteiger partial charge in [-0.2, -0.15) is 5.10 Å². The van der Waals surface area contributed by atoms with Gasteiger partial charge in [-0.3, -0.25) is 10.5 Å². The Morgan fingerprint density at radius 1 is 1.43 bits per heavy atom. The summed E-state index contributed by atoms with van der Waals surface area (Å²) in [7, 11) is 1.62. The van der Waals surface area contributed by atoms with Crippen LogP contribution in [-0.4, -0.2) is 16.9 Å². The standard InChI is InChI=1S/C15H18N4O2/c1-3-19-15(13(20-2)9-17-19)14(18-16)12-8-10-6-4-5-7-11(10)21-12/h4-9,14,18H,3,16H2,1-2H3. The van der Waals surface area contributed by atoms with Crippen LogP contribution >= 0.6 is 0 Å². The van der Waals surface area contributed by atoms with E-state index in [1.54, 1.807) is 13.3 Å². The van der Waals surface area contributed by atoms with Crippen molar-refractivity contribution in [1.29, 1.82) is 0 Å². The number of furan rings is 1. The Morgan fingerprint density at radius 3 is 2.90 bits per heavy atom. The maximum Gasteiger partial charge on any atom is 0.162 e. The van der Waals surface area contributed by atoms with Crippen molar-refractivity contribution in [2.75, 3.05) is 7.11 Å². The van der Waals surface area contributed by atoms with Crippen molar-refractivity contribution in [2.24, 2.45) is 5.84 Å². The van der Waals surface area contributed by atoms with Gasteiger partial charge in [-0.15, -0.1) is 0 Å². The molecule has 6 heteroatoms. The molecule has 3 rings (SSSR count). The van der Waals surface area contributed by atoms with Crippen LogP contribution in [0.3, 0.4) is 0 Å². The van der Waals surface area contributed by atoms with Crippen molar-refractivity contribution in [3.05, 3.63) is 48.0 Å². The number of aromatic nitrogens is 2. The summed E-state index contributed by atoms with van der Waals surface area (Å²) in [5.74, 6) is 7.17. The molecule has 0 saturated heterocycles. The normalized spacial score (nSPS) is 12.7. The summed E-state index contributed by atoms with van der Waals surface area (Å²) in [6.07, 6.45) is 1.69. The number of benzene rings is 1. The lowest BCUT2D eigenvalue weighted by Crippen LogP contribution is -2.30. The summed E-state index contributed by atoms with van der Waals surface area (Å²) in [6, 6.07) is 9.51. The Hall–Kier alpha value is -2.31. The van der Waals surface area contributed by atoms with Gasteiger partial charge >= 0.3 is 0 Å². The summed E-state index contributed by atoms with van der Waals surface area (Å²) in [6.45, 7) is 2.74. The van der Waals surface area contributed by atoms with Gasteiger partial charge in [0.25, 0.3) is 0 Å². The average Bonchev–Trinajstić information content (AvgIpc) is 3.11. The zero-order valence-corrected chi connectivity index (χ0v) is 12.0. The average molecular weight is 286 g/mol. The number of ether oxygens (including phenoxy) is 1. The van der Waals surface area contributed by atoms with Crippen molar-refractivity contribution in [1.82, 2.24) is 15.2 Å². The molecule has 0 aliphatic carbocycles. The lowest BCUT2D eigenvalue weighted by atomic mass is 10.1. The number of nitrogens with two attached hydrogens (primary N) is 1. The van der Waals surface area contributed by atoms with Crippen molar-refractivity contribution in [3.63, 3.8) is 0 Å². The Balaban J connectivity index is 2.11. The number of nitrogens with one attached hydrogen (secondary N) is 1. The lowest BCUT2D eigenvalue weighted by Gasteiger charge is -2.16. The van der Waals surface area contributed by atoms with Crippen molar-refractivity contribution < 1.29 is 9.15 Å². The van der Waals surface area contributed by atoms with Crippen molar-refractivity contribution in [2.45, 2.75) is 19.5 Å². The van der Waals surface area contributed by atoms with Crippen LogP contribution in [0.1, 0.15) is 24.4 Å². The number of methoxy groups -OCH3 is 1. The predicted molar refractivity (Wildman–Crippen MR) is 79.8 cm³/mol. The summed E-state index contributed by atoms with van der Waals surface area (Å²) in [5, 5.41) is 5.34. The van der Waals surface area contributed by atoms with E-state index in [1.165, 1.54) is 0 Å². The van der Waals surface area contributed by atoms with Gasteiger partial charge in [0, 0.05) is 11.9 Å². The number of para-hydroxylation sites is 1. The van der Waals surface area contributed by atoms with E-state index in [4.69, 9.17) is 15.0 Å². The van der Waals surface area contributed by atoms with E-state index >= 15 is 0 Å². The molecule has 1 aromatic carbocycles. The minimum absolute atomic E-state index is 0.324. The topological polar surface area (TPSA) is 78.2 Å². The molecular weight excluding hydrogens is 268 g/mol. The van der Waals surface area contributed by atoms with Gasteiger partial charge in [-0.05, 0) is 19.1 Å². The van der Waals surface area contributed by atoms with Crippen LogP contribution in [0.5, 0.6) is 5.75 Å². The number of aryl methyl sites for hydroxylation is 1. The van der Waals surface area contributed by atoms with E-state index in [9.17, 15) is 0 Å². The number of rotatable bonds is 5. The minimum atomic E-state index is -0.324. The second-order valence-corrected chi connectivity index (χ2v) is 4.70. The summed E-state index contributed by atoms with van der Waals surface area (Å²) >= 11 is 0. The molecule has 1 atom stereocenters. The molecule has 0 aliphatic rings. The third kappa shape index (κ3) is 2.28. The van der Waals surface area contributed by atoms with Gasteiger partial charge < -0.3 is 9.15 Å². The van der Waals surface area contributed by atoms with Gasteiger partial charge in [0.2, 0.25) is 0 Å². The van der Waals surface area contributed by atoms with Crippen LogP contribution in [0.15, 0.2) is 40.9 Å². The number of hydrogen-bond acceptors (Lipinski definition) is 5. The Morgan fingerprint density at radius 2 is 2.24 bits per heavy atom. The van der Waals surface area contributed by atoms with E-state index in [0.717, 1.165) is 29.0 Å². The molecular formula is C15H18N4O2. The Labute approximate surface area is 122 Å². The van der Waals surface area contributed by atoms with E-state index < -0.39 is 0 Å². The number of hydrogen-bond donors (Lipinski definition) is 2. The molecule has 0 radical (unpaired) electrons. The van der Waals surface area contributed by atoms with E-state index in [2.05, 4.69) is 10.5 Å². The van der Waals surface area contributed by atoms with Crippen molar-refractivity contribution >= 4 is 11.0 Å². The van der Waals surface area contributed by atoms with Crippen LogP contribution in [0.2, 0.25) is 0 Å². The zero-order valence-electron chi connectivity index (χ0n) is 12.0. The van der Waals surface area contributed by atoms with Gasteiger partial charge in [-0.1, -0.05) is 18.2 Å². The van der Waals surface area contributed by atoms with E-state index in [-0.39, 0.29) is 6.04 Å². The molecule has 0 bridgehead atoms. The quantitative estimate of drug-likeness (QED) is 0.555. The molecule has 1 unspecified atom stereocenters. The smallest absolute Gasteiger partial charge is 0.162 e. The van der Waals surface area contributed by atoms with E-state index in [1.807, 2.05) is 41.9 Å². The lowest BCUT2D eigenvalue weighted by molar-refractivity contribution is 0.388. The highest BCUT2D eigenvalue weighted by Gasteiger charge is 2.25. The Bertz CT molecular complexity index is 693. The van der Waals surface area contributed by atoms with Gasteiger partial charge in [0.05, 0.1) is 13.3 Å². The predicted octanol–water partition coefficient (Wildman–Crippen LogP) is 2.21. The van der Waals surface area contributed by atoms with Crippen LogP contribution in [-0.2, 0) is 6.54 Å². The molecule has 2 heterocycles.